The van der Waals surface area contributed by atoms with Crippen LogP contribution in [0.1, 0.15) is 23.7 Å². The zero-order valence-electron chi connectivity index (χ0n) is 14.0. The predicted molar refractivity (Wildman–Crippen MR) is 90.3 cm³/mol. The molecule has 1 aromatic carbocycles. The number of pyridine rings is 1. The molecule has 0 saturated carbocycles. The molecule has 1 heterocycles. The van der Waals surface area contributed by atoms with E-state index in [4.69, 9.17) is 4.74 Å². The second kappa shape index (κ2) is 7.08. The third-order valence-corrected chi connectivity index (χ3v) is 3.48. The molecule has 1 aromatic heterocycles. The summed E-state index contributed by atoms with van der Waals surface area (Å²) in [6.07, 6.45) is -0.909. The number of hydrogen-bond acceptors (Lipinski definition) is 5. The summed E-state index contributed by atoms with van der Waals surface area (Å²) in [5.41, 5.74) is 3.13. The van der Waals surface area contributed by atoms with Crippen molar-refractivity contribution in [2.75, 3.05) is 5.32 Å². The first-order valence-corrected chi connectivity index (χ1v) is 7.44. The van der Waals surface area contributed by atoms with Gasteiger partial charge in [-0.1, -0.05) is 12.1 Å². The average Bonchev–Trinajstić information content (AvgIpc) is 2.52. The number of carbonyl (C=O) groups excluding carboxylic acids is 1. The van der Waals surface area contributed by atoms with Crippen molar-refractivity contribution in [2.24, 2.45) is 0 Å². The molecular weight excluding hydrogens is 310 g/mol. The molecule has 0 aliphatic rings. The number of aryl methyl sites for hydroxylation is 3. The summed E-state index contributed by atoms with van der Waals surface area (Å²) in [6.45, 7) is 6.99. The molecule has 1 N–H and O–H groups in total. The minimum absolute atomic E-state index is 0.0331. The smallest absolute Gasteiger partial charge is 0.406 e. The Hall–Kier alpha value is -2.96. The highest BCUT2D eigenvalue weighted by molar-refractivity contribution is 5.94. The fraction of sp³-hybridized carbons (Fsp3) is 0.294. The largest absolute Gasteiger partial charge is 0.473 e. The van der Waals surface area contributed by atoms with Crippen LogP contribution in [0.4, 0.5) is 11.5 Å². The number of carbonyl (C=O) groups is 1. The second-order valence-corrected chi connectivity index (χ2v) is 5.60. The molecule has 7 heteroatoms. The van der Waals surface area contributed by atoms with Gasteiger partial charge in [0.1, 0.15) is 5.69 Å². The quantitative estimate of drug-likeness (QED) is 0.671. The Morgan fingerprint density at radius 3 is 2.62 bits per heavy atom. The van der Waals surface area contributed by atoms with Crippen molar-refractivity contribution in [1.82, 2.24) is 4.98 Å². The van der Waals surface area contributed by atoms with E-state index in [0.717, 1.165) is 11.1 Å². The number of rotatable bonds is 5. The standard InChI is InChI=1S/C17H19N3O4/c1-10-5-6-11(2)14(9-10)19-17(21)13(4)24-15-8-7-12(3)18-16(15)20(22)23/h5-9,13H,1-4H3,(H,19,21)/t13-/m1/s1. The molecule has 1 amide bonds. The fourth-order valence-electron chi connectivity index (χ4n) is 2.10. The van der Waals surface area contributed by atoms with Gasteiger partial charge in [0.2, 0.25) is 5.75 Å². The van der Waals surface area contributed by atoms with E-state index < -0.39 is 22.8 Å². The molecule has 126 valence electrons. The Bertz CT molecular complexity index is 789. The Balaban J connectivity index is 2.15. The SMILES string of the molecule is Cc1ccc(C)c(NC(=O)[C@@H](C)Oc2ccc(C)nc2[N+](=O)[O-])c1. The Kier molecular flexibility index (Phi) is 5.13. The van der Waals surface area contributed by atoms with E-state index in [2.05, 4.69) is 10.3 Å². The highest BCUT2D eigenvalue weighted by atomic mass is 16.6. The number of hydrogen-bond donors (Lipinski definition) is 1. The number of nitrogens with one attached hydrogen (secondary N) is 1. The fourth-order valence-corrected chi connectivity index (χ4v) is 2.10. The Morgan fingerprint density at radius 2 is 1.96 bits per heavy atom. The number of benzene rings is 1. The molecular formula is C17H19N3O4. The average molecular weight is 329 g/mol. The van der Waals surface area contributed by atoms with E-state index in [1.807, 2.05) is 32.0 Å². The maximum Gasteiger partial charge on any atom is 0.406 e. The second-order valence-electron chi connectivity index (χ2n) is 5.60. The maximum absolute atomic E-state index is 12.3. The van der Waals surface area contributed by atoms with Gasteiger partial charge >= 0.3 is 5.82 Å². The van der Waals surface area contributed by atoms with Crippen LogP contribution in [0.3, 0.4) is 0 Å². The molecule has 7 nitrogen and oxygen atoms in total. The van der Waals surface area contributed by atoms with Gasteiger partial charge in [0.15, 0.2) is 6.10 Å². The predicted octanol–water partition coefficient (Wildman–Crippen LogP) is 3.32. The molecule has 0 aliphatic heterocycles. The summed E-state index contributed by atoms with van der Waals surface area (Å²) in [4.78, 5) is 26.6. The van der Waals surface area contributed by atoms with Gasteiger partial charge in [-0.3, -0.25) is 4.79 Å². The van der Waals surface area contributed by atoms with Crippen LogP contribution in [0.15, 0.2) is 30.3 Å². The van der Waals surface area contributed by atoms with Crippen molar-refractivity contribution >= 4 is 17.4 Å². The first-order valence-electron chi connectivity index (χ1n) is 7.44. The first-order chi connectivity index (χ1) is 11.3. The lowest BCUT2D eigenvalue weighted by Gasteiger charge is -2.16. The van der Waals surface area contributed by atoms with Crippen molar-refractivity contribution in [3.05, 3.63) is 57.3 Å². The van der Waals surface area contributed by atoms with Crippen LogP contribution >= 0.6 is 0 Å². The van der Waals surface area contributed by atoms with E-state index in [1.165, 1.54) is 13.0 Å². The van der Waals surface area contributed by atoms with Gasteiger partial charge in [-0.15, -0.1) is 0 Å². The molecule has 0 aliphatic carbocycles. The molecule has 0 radical (unpaired) electrons. The van der Waals surface area contributed by atoms with Crippen LogP contribution in [0.2, 0.25) is 0 Å². The summed E-state index contributed by atoms with van der Waals surface area (Å²) >= 11 is 0. The van der Waals surface area contributed by atoms with Gasteiger partial charge in [0, 0.05) is 12.6 Å². The van der Waals surface area contributed by atoms with Gasteiger partial charge in [-0.25, -0.2) is 0 Å². The number of ether oxygens (including phenoxy) is 1. The topological polar surface area (TPSA) is 94.4 Å². The summed E-state index contributed by atoms with van der Waals surface area (Å²) in [6, 6.07) is 8.76. The lowest BCUT2D eigenvalue weighted by molar-refractivity contribution is -0.390. The molecule has 0 spiro atoms. The number of anilines is 1. The van der Waals surface area contributed by atoms with Crippen LogP contribution in [0, 0.1) is 30.9 Å². The summed E-state index contributed by atoms with van der Waals surface area (Å²) < 4.78 is 5.45. The van der Waals surface area contributed by atoms with Gasteiger partial charge in [-0.05, 0) is 60.0 Å². The van der Waals surface area contributed by atoms with E-state index in [0.29, 0.717) is 11.4 Å². The lowest BCUT2D eigenvalue weighted by atomic mass is 10.1. The van der Waals surface area contributed by atoms with Gasteiger partial charge in [-0.2, -0.15) is 0 Å². The lowest BCUT2D eigenvalue weighted by Crippen LogP contribution is -2.30. The first kappa shape index (κ1) is 17.4. The molecule has 0 fully saturated rings. The Morgan fingerprint density at radius 1 is 1.25 bits per heavy atom. The third-order valence-electron chi connectivity index (χ3n) is 3.48. The summed E-state index contributed by atoms with van der Waals surface area (Å²) in [5.74, 6) is -0.825. The zero-order valence-corrected chi connectivity index (χ0v) is 14.0. The van der Waals surface area contributed by atoms with Gasteiger partial charge < -0.3 is 20.2 Å². The van der Waals surface area contributed by atoms with Crippen LogP contribution < -0.4 is 10.1 Å². The van der Waals surface area contributed by atoms with Crippen LogP contribution in [-0.2, 0) is 4.79 Å². The number of amides is 1. The Labute approximate surface area is 139 Å². The highest BCUT2D eigenvalue weighted by Crippen LogP contribution is 2.26. The highest BCUT2D eigenvalue weighted by Gasteiger charge is 2.23. The van der Waals surface area contributed by atoms with Crippen molar-refractivity contribution in [1.29, 1.82) is 0 Å². The van der Waals surface area contributed by atoms with Crippen LogP contribution in [-0.4, -0.2) is 21.9 Å². The molecule has 24 heavy (non-hydrogen) atoms. The normalized spacial score (nSPS) is 11.7. The van der Waals surface area contributed by atoms with Crippen molar-refractivity contribution in [3.8, 4) is 5.75 Å². The molecule has 1 atom stereocenters. The maximum atomic E-state index is 12.3. The molecule has 2 aromatic rings. The monoisotopic (exact) mass is 329 g/mol. The third kappa shape index (κ3) is 4.07. The van der Waals surface area contributed by atoms with Crippen LogP contribution in [0.5, 0.6) is 5.75 Å². The van der Waals surface area contributed by atoms with E-state index >= 15 is 0 Å². The van der Waals surface area contributed by atoms with Crippen molar-refractivity contribution in [3.63, 3.8) is 0 Å². The number of nitrogens with zero attached hydrogens (tertiary/aromatic N) is 2. The molecule has 0 bridgehead atoms. The van der Waals surface area contributed by atoms with E-state index in [-0.39, 0.29) is 5.75 Å². The minimum atomic E-state index is -0.909. The number of aromatic nitrogens is 1. The van der Waals surface area contributed by atoms with Crippen LogP contribution in [0.25, 0.3) is 0 Å². The van der Waals surface area contributed by atoms with E-state index in [1.54, 1.807) is 13.0 Å². The van der Waals surface area contributed by atoms with Crippen molar-refractivity contribution in [2.45, 2.75) is 33.8 Å². The molecule has 0 unspecified atom stereocenters. The number of nitro groups is 1. The zero-order chi connectivity index (χ0) is 17.9. The van der Waals surface area contributed by atoms with Gasteiger partial charge in [0.25, 0.3) is 5.91 Å². The van der Waals surface area contributed by atoms with E-state index in [9.17, 15) is 14.9 Å². The molecule has 2 rings (SSSR count). The summed E-state index contributed by atoms with van der Waals surface area (Å²) in [5, 5.41) is 13.8. The summed E-state index contributed by atoms with van der Waals surface area (Å²) in [7, 11) is 0. The van der Waals surface area contributed by atoms with Gasteiger partial charge in [0.05, 0.1) is 0 Å². The van der Waals surface area contributed by atoms with Crippen molar-refractivity contribution < 1.29 is 14.5 Å². The molecule has 0 saturated heterocycles. The minimum Gasteiger partial charge on any atom is -0.473 e.